The fourth-order valence-corrected chi connectivity index (χ4v) is 1.38. The lowest BCUT2D eigenvalue weighted by Gasteiger charge is -2.24. The number of hydrogen-bond acceptors (Lipinski definition) is 5. The van der Waals surface area contributed by atoms with Crippen molar-refractivity contribution in [3.8, 4) is 0 Å². The summed E-state index contributed by atoms with van der Waals surface area (Å²) in [5.41, 5.74) is 3.52. The van der Waals surface area contributed by atoms with Crippen LogP contribution in [0.3, 0.4) is 0 Å². The minimum Gasteiger partial charge on any atom is -0.396 e. The van der Waals surface area contributed by atoms with Crippen molar-refractivity contribution in [1.29, 1.82) is 5.41 Å². The summed E-state index contributed by atoms with van der Waals surface area (Å²) in [6.07, 6.45) is 1.34. The van der Waals surface area contributed by atoms with E-state index in [0.29, 0.717) is 6.42 Å². The quantitative estimate of drug-likeness (QED) is 0.503. The van der Waals surface area contributed by atoms with Gasteiger partial charge in [0.1, 0.15) is 0 Å². The molecular weight excluding hydrogens is 270 g/mol. The summed E-state index contributed by atoms with van der Waals surface area (Å²) in [5.74, 6) is 0. The Hall–Kier alpha value is -1.52. The lowest BCUT2D eigenvalue weighted by atomic mass is 9.88. The van der Waals surface area contributed by atoms with Crippen LogP contribution in [0.2, 0.25) is 0 Å². The third kappa shape index (κ3) is 8.38. The van der Waals surface area contributed by atoms with E-state index in [-0.39, 0.29) is 19.8 Å². The third-order valence-electron chi connectivity index (χ3n) is 3.63. The van der Waals surface area contributed by atoms with Gasteiger partial charge in [-0.25, -0.2) is 10.2 Å². The van der Waals surface area contributed by atoms with Gasteiger partial charge in [-0.15, -0.1) is 0 Å². The number of aliphatic hydroxyl groups excluding tert-OH is 3. The highest BCUT2D eigenvalue weighted by molar-refractivity contribution is 5.31. The maximum atomic E-state index is 8.66. The second-order valence-corrected chi connectivity index (χ2v) is 4.95. The fourth-order valence-electron chi connectivity index (χ4n) is 1.38. The first-order valence-corrected chi connectivity index (χ1v) is 6.77. The van der Waals surface area contributed by atoms with E-state index in [9.17, 15) is 0 Å². The Balaban J connectivity index is 0. The van der Waals surface area contributed by atoms with Gasteiger partial charge in [0.15, 0.2) is 0 Å². The van der Waals surface area contributed by atoms with Crippen LogP contribution in [-0.4, -0.2) is 41.2 Å². The minimum absolute atomic E-state index is 0.156. The molecule has 5 nitrogen and oxygen atoms in total. The predicted octanol–water partition coefficient (Wildman–Crippen LogP) is 1.87. The second-order valence-electron chi connectivity index (χ2n) is 4.95. The summed E-state index contributed by atoms with van der Waals surface area (Å²) >= 11 is 0. The van der Waals surface area contributed by atoms with Crippen molar-refractivity contribution < 1.29 is 20.1 Å². The first-order chi connectivity index (χ1) is 9.87. The Morgan fingerprint density at radius 1 is 1.05 bits per heavy atom. The first kappa shape index (κ1) is 21.8. The summed E-state index contributed by atoms with van der Waals surface area (Å²) in [4.78, 5) is 8.35. The van der Waals surface area contributed by atoms with Gasteiger partial charge >= 0.3 is 0 Å². The van der Waals surface area contributed by atoms with Crippen LogP contribution >= 0.6 is 0 Å². The van der Waals surface area contributed by atoms with Crippen LogP contribution in [0.15, 0.2) is 18.2 Å². The largest absolute Gasteiger partial charge is 0.396 e. The number of benzene rings is 1. The Morgan fingerprint density at radius 3 is 1.52 bits per heavy atom. The van der Waals surface area contributed by atoms with Crippen LogP contribution in [0.4, 0.5) is 0 Å². The zero-order valence-electron chi connectivity index (χ0n) is 13.3. The maximum absolute atomic E-state index is 8.66. The van der Waals surface area contributed by atoms with Crippen molar-refractivity contribution in [2.24, 2.45) is 5.41 Å². The SMILES string of the molecule is CCC(CO)(CO)CO.Cc1cccc(C)c1C.N=C=O. The summed E-state index contributed by atoms with van der Waals surface area (Å²) in [5, 5.41) is 31.4. The Bertz CT molecular complexity index is 385. The molecule has 21 heavy (non-hydrogen) atoms. The molecule has 0 saturated heterocycles. The van der Waals surface area contributed by atoms with E-state index in [1.807, 2.05) is 6.92 Å². The first-order valence-electron chi connectivity index (χ1n) is 6.77. The number of rotatable bonds is 4. The van der Waals surface area contributed by atoms with E-state index in [0.717, 1.165) is 6.08 Å². The molecule has 120 valence electrons. The van der Waals surface area contributed by atoms with Crippen LogP contribution in [0.25, 0.3) is 0 Å². The van der Waals surface area contributed by atoms with Crippen molar-refractivity contribution in [3.63, 3.8) is 0 Å². The lowest BCUT2D eigenvalue weighted by molar-refractivity contribution is 0.00304. The van der Waals surface area contributed by atoms with E-state index < -0.39 is 5.41 Å². The molecule has 0 aliphatic carbocycles. The third-order valence-corrected chi connectivity index (χ3v) is 3.63. The zero-order valence-corrected chi connectivity index (χ0v) is 13.3. The van der Waals surface area contributed by atoms with Crippen molar-refractivity contribution in [1.82, 2.24) is 0 Å². The van der Waals surface area contributed by atoms with Crippen molar-refractivity contribution in [2.45, 2.75) is 34.1 Å². The fraction of sp³-hybridized carbons (Fsp3) is 0.562. The lowest BCUT2D eigenvalue weighted by Crippen LogP contribution is -2.32. The Kier molecular flexibility index (Phi) is 12.7. The molecule has 0 unspecified atom stereocenters. The summed E-state index contributed by atoms with van der Waals surface area (Å²) in [6.45, 7) is 7.79. The molecule has 1 aromatic rings. The molecule has 4 N–H and O–H groups in total. The molecule has 0 spiro atoms. The predicted molar refractivity (Wildman–Crippen MR) is 83.0 cm³/mol. The normalized spacial score (nSPS) is 9.67. The summed E-state index contributed by atoms with van der Waals surface area (Å²) in [6, 6.07) is 6.38. The molecule has 0 fully saturated rings. The maximum Gasteiger partial charge on any atom is 0.231 e. The molecule has 0 saturated carbocycles. The van der Waals surface area contributed by atoms with Gasteiger partial charge in [0.05, 0.1) is 19.8 Å². The number of aryl methyl sites for hydroxylation is 2. The topological polar surface area (TPSA) is 102 Å². The van der Waals surface area contributed by atoms with Crippen LogP contribution in [-0.2, 0) is 4.79 Å². The molecule has 0 amide bonds. The van der Waals surface area contributed by atoms with Crippen molar-refractivity contribution in [2.75, 3.05) is 19.8 Å². The number of hydrogen-bond donors (Lipinski definition) is 4. The Morgan fingerprint density at radius 2 is 1.38 bits per heavy atom. The molecule has 0 aromatic heterocycles. The molecule has 1 aromatic carbocycles. The van der Waals surface area contributed by atoms with Gasteiger partial charge < -0.3 is 15.3 Å². The average molecular weight is 297 g/mol. The number of isocyanates is 1. The molecule has 5 heteroatoms. The number of carbonyl (C=O) groups excluding carboxylic acids is 1. The van der Waals surface area contributed by atoms with E-state index in [2.05, 4.69) is 39.0 Å². The molecule has 0 radical (unpaired) electrons. The summed E-state index contributed by atoms with van der Waals surface area (Å²) < 4.78 is 0. The molecule has 0 heterocycles. The van der Waals surface area contributed by atoms with Crippen LogP contribution in [0.5, 0.6) is 0 Å². The van der Waals surface area contributed by atoms with E-state index in [1.54, 1.807) is 0 Å². The van der Waals surface area contributed by atoms with E-state index in [1.165, 1.54) is 16.7 Å². The van der Waals surface area contributed by atoms with Gasteiger partial charge in [0, 0.05) is 5.41 Å². The van der Waals surface area contributed by atoms with Gasteiger partial charge in [-0.2, -0.15) is 0 Å². The molecule has 0 aliphatic rings. The van der Waals surface area contributed by atoms with Gasteiger partial charge in [-0.1, -0.05) is 25.1 Å². The summed E-state index contributed by atoms with van der Waals surface area (Å²) in [7, 11) is 0. The smallest absolute Gasteiger partial charge is 0.231 e. The van der Waals surface area contributed by atoms with Gasteiger partial charge in [-0.05, 0) is 43.9 Å². The van der Waals surface area contributed by atoms with Crippen LogP contribution in [0, 0.1) is 31.6 Å². The molecule has 1 rings (SSSR count). The monoisotopic (exact) mass is 297 g/mol. The highest BCUT2D eigenvalue weighted by Gasteiger charge is 2.24. The zero-order chi connectivity index (χ0) is 16.9. The van der Waals surface area contributed by atoms with Gasteiger partial charge in [0.25, 0.3) is 0 Å². The highest BCUT2D eigenvalue weighted by atomic mass is 16.3. The van der Waals surface area contributed by atoms with Crippen molar-refractivity contribution >= 4 is 6.08 Å². The number of nitrogens with one attached hydrogen (secondary N) is 1. The molecule has 0 aliphatic heterocycles. The minimum atomic E-state index is -0.667. The highest BCUT2D eigenvalue weighted by Crippen LogP contribution is 2.18. The standard InChI is InChI=1S/C9H12.C6H14O3.CHNO/c1-7-5-4-6-8(2)9(7)3;1-2-6(3-7,4-8)5-9;2-1-3/h4-6H,1-3H3;7-9H,2-5H2,1H3;2H. The van der Waals surface area contributed by atoms with Crippen LogP contribution in [0.1, 0.15) is 30.0 Å². The number of aliphatic hydroxyl groups is 3. The second kappa shape index (κ2) is 12.2. The van der Waals surface area contributed by atoms with Gasteiger partial charge in [-0.3, -0.25) is 0 Å². The van der Waals surface area contributed by atoms with E-state index in [4.69, 9.17) is 25.5 Å². The Labute approximate surface area is 126 Å². The molecule has 0 bridgehead atoms. The van der Waals surface area contributed by atoms with Gasteiger partial charge in [0.2, 0.25) is 6.08 Å². The van der Waals surface area contributed by atoms with E-state index >= 15 is 0 Å². The average Bonchev–Trinajstić information content (AvgIpc) is 2.49. The van der Waals surface area contributed by atoms with Crippen LogP contribution < -0.4 is 0 Å². The molecule has 0 atom stereocenters. The molecular formula is C16H27NO4. The van der Waals surface area contributed by atoms with Crippen molar-refractivity contribution in [3.05, 3.63) is 34.9 Å².